The molecule has 1 unspecified atom stereocenters. The Morgan fingerprint density at radius 2 is 2.05 bits per heavy atom. The molecule has 0 bridgehead atoms. The first-order chi connectivity index (χ1) is 9.92. The van der Waals surface area contributed by atoms with Crippen LogP contribution in [0.1, 0.15) is 12.5 Å². The Kier molecular flexibility index (Phi) is 5.25. The topological polar surface area (TPSA) is 38.0 Å². The number of rotatable bonds is 5. The Bertz CT molecular complexity index is 635. The van der Waals surface area contributed by atoms with E-state index >= 15 is 0 Å². The second-order valence-corrected chi connectivity index (χ2v) is 6.59. The van der Waals surface area contributed by atoms with Gasteiger partial charge >= 0.3 is 0 Å². The molecule has 0 saturated heterocycles. The molecule has 2 nitrogen and oxygen atoms in total. The number of anilines is 1. The summed E-state index contributed by atoms with van der Waals surface area (Å²) in [5.74, 6) is -0.237. The molecule has 2 rings (SSSR count). The van der Waals surface area contributed by atoms with E-state index in [0.29, 0.717) is 18.0 Å². The fourth-order valence-electron chi connectivity index (χ4n) is 2.19. The Hall–Kier alpha value is -1.10. The van der Waals surface area contributed by atoms with Crippen molar-refractivity contribution in [1.29, 1.82) is 0 Å². The lowest BCUT2D eigenvalue weighted by Gasteiger charge is -2.31. The van der Waals surface area contributed by atoms with Crippen molar-refractivity contribution in [3.05, 3.63) is 63.3 Å². The average molecular weight is 372 g/mol. The molecule has 3 N–H and O–H groups in total. The van der Waals surface area contributed by atoms with E-state index in [9.17, 15) is 4.39 Å². The van der Waals surface area contributed by atoms with Crippen molar-refractivity contribution in [1.82, 2.24) is 0 Å². The lowest BCUT2D eigenvalue weighted by molar-refractivity contribution is 0.518. The minimum atomic E-state index is -0.384. The maximum absolute atomic E-state index is 13.3. The first-order valence-corrected chi connectivity index (χ1v) is 7.77. The first kappa shape index (κ1) is 16.3. The number of nitrogens with two attached hydrogens (primary N) is 1. The highest BCUT2D eigenvalue weighted by molar-refractivity contribution is 9.10. The van der Waals surface area contributed by atoms with E-state index in [1.165, 1.54) is 12.1 Å². The molecule has 0 aromatic heterocycles. The van der Waals surface area contributed by atoms with Crippen LogP contribution in [0.25, 0.3) is 0 Å². The van der Waals surface area contributed by atoms with Gasteiger partial charge in [0.05, 0.1) is 10.6 Å². The van der Waals surface area contributed by atoms with Gasteiger partial charge in [-0.2, -0.15) is 0 Å². The lowest BCUT2D eigenvalue weighted by Crippen LogP contribution is -2.44. The molecule has 0 radical (unpaired) electrons. The fraction of sp³-hybridized carbons (Fsp3) is 0.250. The van der Waals surface area contributed by atoms with Gasteiger partial charge in [0.15, 0.2) is 0 Å². The molecular formula is C16H17BrClFN2. The van der Waals surface area contributed by atoms with Crippen molar-refractivity contribution in [2.24, 2.45) is 5.73 Å². The fourth-order valence-corrected chi connectivity index (χ4v) is 2.61. The third-order valence-corrected chi connectivity index (χ3v) is 4.53. The van der Waals surface area contributed by atoms with Gasteiger partial charge in [-0.3, -0.25) is 0 Å². The van der Waals surface area contributed by atoms with Crippen molar-refractivity contribution >= 4 is 33.2 Å². The van der Waals surface area contributed by atoms with Crippen molar-refractivity contribution < 1.29 is 4.39 Å². The van der Waals surface area contributed by atoms with Crippen LogP contribution in [0.15, 0.2) is 46.9 Å². The molecule has 5 heteroatoms. The summed E-state index contributed by atoms with van der Waals surface area (Å²) in [6.07, 6.45) is 0.620. The largest absolute Gasteiger partial charge is 0.378 e. The molecule has 0 saturated carbocycles. The zero-order chi connectivity index (χ0) is 15.5. The van der Waals surface area contributed by atoms with Gasteiger partial charge in [-0.1, -0.05) is 23.7 Å². The van der Waals surface area contributed by atoms with E-state index in [2.05, 4.69) is 21.2 Å². The predicted octanol–water partition coefficient (Wildman–Crippen LogP) is 4.61. The number of nitrogens with one attached hydrogen (secondary N) is 1. The molecule has 2 aromatic carbocycles. The second kappa shape index (κ2) is 6.77. The molecule has 0 aliphatic heterocycles. The summed E-state index contributed by atoms with van der Waals surface area (Å²) in [6, 6.07) is 12.2. The van der Waals surface area contributed by atoms with E-state index in [1.807, 2.05) is 31.2 Å². The second-order valence-electron chi connectivity index (χ2n) is 5.33. The predicted molar refractivity (Wildman–Crippen MR) is 90.3 cm³/mol. The Morgan fingerprint density at radius 3 is 2.67 bits per heavy atom. The highest BCUT2D eigenvalue weighted by Gasteiger charge is 2.23. The first-order valence-electron chi connectivity index (χ1n) is 6.60. The minimum absolute atomic E-state index is 0.237. The van der Waals surface area contributed by atoms with Crippen LogP contribution in [-0.4, -0.2) is 12.1 Å². The standard InChI is InChI=1S/C16H17BrClFN2/c1-16(10-20,9-11-3-2-4-12(19)7-11)21-13-5-6-14(17)15(18)8-13/h2-8,21H,9-10,20H2,1H3. The van der Waals surface area contributed by atoms with Crippen molar-refractivity contribution in [3.63, 3.8) is 0 Å². The molecule has 0 aliphatic carbocycles. The van der Waals surface area contributed by atoms with Gasteiger partial charge in [0.2, 0.25) is 0 Å². The zero-order valence-electron chi connectivity index (χ0n) is 11.7. The molecule has 0 fully saturated rings. The van der Waals surface area contributed by atoms with E-state index < -0.39 is 0 Å². The van der Waals surface area contributed by atoms with Gasteiger partial charge in [-0.25, -0.2) is 4.39 Å². The van der Waals surface area contributed by atoms with Crippen molar-refractivity contribution in [2.75, 3.05) is 11.9 Å². The summed E-state index contributed by atoms with van der Waals surface area (Å²) >= 11 is 9.46. The Balaban J connectivity index is 2.18. The molecule has 2 aromatic rings. The normalized spacial score (nSPS) is 13.8. The van der Waals surface area contributed by atoms with Gasteiger partial charge in [0, 0.05) is 16.7 Å². The summed E-state index contributed by atoms with van der Waals surface area (Å²) < 4.78 is 14.1. The monoisotopic (exact) mass is 370 g/mol. The molecular weight excluding hydrogens is 355 g/mol. The van der Waals surface area contributed by atoms with Gasteiger partial charge in [0.25, 0.3) is 0 Å². The van der Waals surface area contributed by atoms with Crippen LogP contribution < -0.4 is 11.1 Å². The summed E-state index contributed by atoms with van der Waals surface area (Å²) in [7, 11) is 0. The van der Waals surface area contributed by atoms with Crippen LogP contribution in [0.3, 0.4) is 0 Å². The van der Waals surface area contributed by atoms with Crippen LogP contribution >= 0.6 is 27.5 Å². The average Bonchev–Trinajstić information content (AvgIpc) is 2.43. The minimum Gasteiger partial charge on any atom is -0.378 e. The summed E-state index contributed by atoms with van der Waals surface area (Å²) in [4.78, 5) is 0. The molecule has 0 aliphatic rings. The van der Waals surface area contributed by atoms with Crippen molar-refractivity contribution in [3.8, 4) is 0 Å². The van der Waals surface area contributed by atoms with E-state index in [4.69, 9.17) is 17.3 Å². The molecule has 112 valence electrons. The molecule has 0 heterocycles. The maximum atomic E-state index is 13.3. The number of hydrogen-bond acceptors (Lipinski definition) is 2. The number of benzene rings is 2. The van der Waals surface area contributed by atoms with Crippen LogP contribution in [0, 0.1) is 5.82 Å². The van der Waals surface area contributed by atoms with Gasteiger partial charge in [-0.05, 0) is 65.2 Å². The van der Waals surface area contributed by atoms with Crippen molar-refractivity contribution in [2.45, 2.75) is 18.9 Å². The molecule has 0 amide bonds. The van der Waals surface area contributed by atoms with Crippen LogP contribution in [0.4, 0.5) is 10.1 Å². The lowest BCUT2D eigenvalue weighted by atomic mass is 9.92. The van der Waals surface area contributed by atoms with Crippen LogP contribution in [-0.2, 0) is 6.42 Å². The highest BCUT2D eigenvalue weighted by Crippen LogP contribution is 2.28. The van der Waals surface area contributed by atoms with Gasteiger partial charge in [0.1, 0.15) is 5.82 Å². The van der Waals surface area contributed by atoms with Crippen LogP contribution in [0.2, 0.25) is 5.02 Å². The summed E-state index contributed by atoms with van der Waals surface area (Å²) in [5, 5.41) is 4.02. The van der Waals surface area contributed by atoms with E-state index in [0.717, 1.165) is 15.7 Å². The smallest absolute Gasteiger partial charge is 0.123 e. The number of hydrogen-bond donors (Lipinski definition) is 2. The Labute approximate surface area is 137 Å². The van der Waals surface area contributed by atoms with E-state index in [-0.39, 0.29) is 11.4 Å². The summed E-state index contributed by atoms with van der Waals surface area (Å²) in [6.45, 7) is 2.42. The maximum Gasteiger partial charge on any atom is 0.123 e. The zero-order valence-corrected chi connectivity index (χ0v) is 14.0. The van der Waals surface area contributed by atoms with Crippen LogP contribution in [0.5, 0.6) is 0 Å². The molecule has 0 spiro atoms. The third kappa shape index (κ3) is 4.43. The Morgan fingerprint density at radius 1 is 1.29 bits per heavy atom. The van der Waals surface area contributed by atoms with E-state index in [1.54, 1.807) is 6.07 Å². The molecule has 21 heavy (non-hydrogen) atoms. The SMILES string of the molecule is CC(CN)(Cc1cccc(F)c1)Nc1ccc(Br)c(Cl)c1. The molecule has 1 atom stereocenters. The highest BCUT2D eigenvalue weighted by atomic mass is 79.9. The number of halogens is 3. The summed E-state index contributed by atoms with van der Waals surface area (Å²) in [5.41, 5.74) is 7.31. The van der Waals surface area contributed by atoms with Gasteiger partial charge < -0.3 is 11.1 Å². The quantitative estimate of drug-likeness (QED) is 0.805. The van der Waals surface area contributed by atoms with Gasteiger partial charge in [-0.15, -0.1) is 0 Å². The third-order valence-electron chi connectivity index (χ3n) is 3.30.